The molecule has 0 unspecified atom stereocenters. The Morgan fingerprint density at radius 2 is 2.12 bits per heavy atom. The molecule has 0 fully saturated rings. The number of aromatic nitrogens is 3. The summed E-state index contributed by atoms with van der Waals surface area (Å²) in [6.45, 7) is 0. The number of nitrogens with zero attached hydrogens (tertiary/aromatic N) is 3. The molecule has 17 heavy (non-hydrogen) atoms. The molecule has 0 aliphatic rings. The first kappa shape index (κ1) is 9.84. The average Bonchev–Trinajstić information content (AvgIpc) is 2.82. The number of ether oxygens (including phenoxy) is 1. The van der Waals surface area contributed by atoms with Crippen molar-refractivity contribution < 1.29 is 4.74 Å². The molecule has 3 rings (SSSR count). The van der Waals surface area contributed by atoms with Gasteiger partial charge >= 0.3 is 0 Å². The van der Waals surface area contributed by atoms with Crippen molar-refractivity contribution in [2.24, 2.45) is 0 Å². The second kappa shape index (κ2) is 3.90. The van der Waals surface area contributed by atoms with Gasteiger partial charge in [0.05, 0.1) is 19.0 Å². The fraction of sp³-hybridized carbons (Fsp3) is 0.0769. The van der Waals surface area contributed by atoms with Gasteiger partial charge in [0, 0.05) is 11.8 Å². The van der Waals surface area contributed by atoms with Crippen LogP contribution in [-0.4, -0.2) is 21.7 Å². The summed E-state index contributed by atoms with van der Waals surface area (Å²) in [6.07, 6.45) is 3.65. The minimum absolute atomic E-state index is 0.826. The molecule has 2 heterocycles. The number of benzene rings is 1. The second-order valence-electron chi connectivity index (χ2n) is 3.68. The highest BCUT2D eigenvalue weighted by Crippen LogP contribution is 2.22. The van der Waals surface area contributed by atoms with Gasteiger partial charge in [-0.2, -0.15) is 5.10 Å². The Kier molecular flexibility index (Phi) is 2.26. The van der Waals surface area contributed by atoms with Crippen molar-refractivity contribution in [1.82, 2.24) is 14.6 Å². The fourth-order valence-electron chi connectivity index (χ4n) is 1.75. The van der Waals surface area contributed by atoms with Crippen LogP contribution in [0.25, 0.3) is 16.9 Å². The van der Waals surface area contributed by atoms with Gasteiger partial charge in [-0.15, -0.1) is 0 Å². The summed E-state index contributed by atoms with van der Waals surface area (Å²) < 4.78 is 6.96. The van der Waals surface area contributed by atoms with E-state index in [2.05, 4.69) is 10.1 Å². The molecule has 3 aromatic rings. The molecule has 0 aliphatic heterocycles. The number of imidazole rings is 1. The average molecular weight is 225 g/mol. The Morgan fingerprint density at radius 3 is 2.94 bits per heavy atom. The Balaban J connectivity index is 2.13. The SMILES string of the molecule is COc1cccc(-c2cn3ncccc3n2)c1. The molecule has 4 nitrogen and oxygen atoms in total. The van der Waals surface area contributed by atoms with Crippen LogP contribution in [0.3, 0.4) is 0 Å². The topological polar surface area (TPSA) is 39.4 Å². The maximum absolute atomic E-state index is 5.20. The molecule has 84 valence electrons. The van der Waals surface area contributed by atoms with Crippen LogP contribution in [0.4, 0.5) is 0 Å². The first-order chi connectivity index (χ1) is 8.36. The zero-order valence-electron chi connectivity index (χ0n) is 9.37. The van der Waals surface area contributed by atoms with E-state index in [4.69, 9.17) is 4.74 Å². The molecule has 0 saturated heterocycles. The zero-order valence-corrected chi connectivity index (χ0v) is 9.37. The molecule has 4 heteroatoms. The molecule has 0 amide bonds. The number of hydrogen-bond acceptors (Lipinski definition) is 3. The van der Waals surface area contributed by atoms with Gasteiger partial charge < -0.3 is 4.74 Å². The highest BCUT2D eigenvalue weighted by molar-refractivity contribution is 5.63. The Hall–Kier alpha value is -2.36. The lowest BCUT2D eigenvalue weighted by Crippen LogP contribution is -1.85. The maximum atomic E-state index is 5.20. The maximum Gasteiger partial charge on any atom is 0.154 e. The zero-order chi connectivity index (χ0) is 11.7. The van der Waals surface area contributed by atoms with Crippen LogP contribution in [0.15, 0.2) is 48.8 Å². The van der Waals surface area contributed by atoms with E-state index in [1.54, 1.807) is 17.8 Å². The third-order valence-electron chi connectivity index (χ3n) is 2.60. The van der Waals surface area contributed by atoms with Gasteiger partial charge in [0.1, 0.15) is 5.75 Å². The highest BCUT2D eigenvalue weighted by Gasteiger charge is 2.05. The van der Waals surface area contributed by atoms with Gasteiger partial charge in [0.25, 0.3) is 0 Å². The Labute approximate surface area is 98.5 Å². The van der Waals surface area contributed by atoms with Crippen LogP contribution in [-0.2, 0) is 0 Å². The molecule has 0 N–H and O–H groups in total. The van der Waals surface area contributed by atoms with Crippen molar-refractivity contribution in [1.29, 1.82) is 0 Å². The van der Waals surface area contributed by atoms with Crippen molar-refractivity contribution >= 4 is 5.65 Å². The predicted octanol–water partition coefficient (Wildman–Crippen LogP) is 2.40. The highest BCUT2D eigenvalue weighted by atomic mass is 16.5. The number of rotatable bonds is 2. The minimum Gasteiger partial charge on any atom is -0.497 e. The van der Waals surface area contributed by atoms with Crippen LogP contribution in [0.2, 0.25) is 0 Å². The van der Waals surface area contributed by atoms with Crippen molar-refractivity contribution in [3.05, 3.63) is 48.8 Å². The Bertz CT molecular complexity index is 627. The molecule has 0 bridgehead atoms. The van der Waals surface area contributed by atoms with Gasteiger partial charge in [-0.1, -0.05) is 12.1 Å². The van der Waals surface area contributed by atoms with E-state index in [1.165, 1.54) is 0 Å². The van der Waals surface area contributed by atoms with E-state index >= 15 is 0 Å². The summed E-state index contributed by atoms with van der Waals surface area (Å²) in [5.41, 5.74) is 2.75. The van der Waals surface area contributed by atoms with Crippen molar-refractivity contribution in [3.63, 3.8) is 0 Å². The van der Waals surface area contributed by atoms with E-state index in [1.807, 2.05) is 42.6 Å². The number of hydrogen-bond donors (Lipinski definition) is 0. The van der Waals surface area contributed by atoms with Crippen molar-refractivity contribution in [2.45, 2.75) is 0 Å². The quantitative estimate of drug-likeness (QED) is 0.672. The molecule has 2 aromatic heterocycles. The fourth-order valence-corrected chi connectivity index (χ4v) is 1.75. The summed E-state index contributed by atoms with van der Waals surface area (Å²) in [6, 6.07) is 11.6. The number of methoxy groups -OCH3 is 1. The standard InChI is InChI=1S/C13H11N3O/c1-17-11-5-2-4-10(8-11)12-9-16-13(15-12)6-3-7-14-16/h2-9H,1H3. The van der Waals surface area contributed by atoms with E-state index in [9.17, 15) is 0 Å². The van der Waals surface area contributed by atoms with Crippen LogP contribution in [0, 0.1) is 0 Å². The third-order valence-corrected chi connectivity index (χ3v) is 2.60. The molecule has 0 radical (unpaired) electrons. The summed E-state index contributed by atoms with van der Waals surface area (Å²) >= 11 is 0. The lowest BCUT2D eigenvalue weighted by molar-refractivity contribution is 0.415. The van der Waals surface area contributed by atoms with E-state index in [0.29, 0.717) is 0 Å². The smallest absolute Gasteiger partial charge is 0.154 e. The molecular weight excluding hydrogens is 214 g/mol. The summed E-state index contributed by atoms with van der Waals surface area (Å²) in [7, 11) is 1.66. The van der Waals surface area contributed by atoms with E-state index in [0.717, 1.165) is 22.7 Å². The molecule has 0 atom stereocenters. The van der Waals surface area contributed by atoms with Crippen LogP contribution in [0.5, 0.6) is 5.75 Å². The molecular formula is C13H11N3O. The Morgan fingerprint density at radius 1 is 1.18 bits per heavy atom. The summed E-state index contributed by atoms with van der Waals surface area (Å²) in [5.74, 6) is 0.826. The van der Waals surface area contributed by atoms with Crippen LogP contribution < -0.4 is 4.74 Å². The third kappa shape index (κ3) is 1.73. The van der Waals surface area contributed by atoms with Gasteiger partial charge in [0.15, 0.2) is 5.65 Å². The first-order valence-corrected chi connectivity index (χ1v) is 5.31. The molecule has 0 saturated carbocycles. The first-order valence-electron chi connectivity index (χ1n) is 5.31. The monoisotopic (exact) mass is 225 g/mol. The lowest BCUT2D eigenvalue weighted by atomic mass is 10.1. The van der Waals surface area contributed by atoms with E-state index < -0.39 is 0 Å². The number of fused-ring (bicyclic) bond motifs is 1. The van der Waals surface area contributed by atoms with Crippen molar-refractivity contribution in [3.8, 4) is 17.0 Å². The summed E-state index contributed by atoms with van der Waals surface area (Å²) in [5, 5.41) is 4.19. The molecule has 0 spiro atoms. The van der Waals surface area contributed by atoms with Gasteiger partial charge in [-0.05, 0) is 24.3 Å². The largest absolute Gasteiger partial charge is 0.497 e. The minimum atomic E-state index is 0.826. The van der Waals surface area contributed by atoms with E-state index in [-0.39, 0.29) is 0 Å². The lowest BCUT2D eigenvalue weighted by Gasteiger charge is -2.00. The van der Waals surface area contributed by atoms with Crippen molar-refractivity contribution in [2.75, 3.05) is 7.11 Å². The second-order valence-corrected chi connectivity index (χ2v) is 3.68. The normalized spacial score (nSPS) is 10.6. The molecule has 1 aromatic carbocycles. The molecule has 0 aliphatic carbocycles. The summed E-state index contributed by atoms with van der Waals surface area (Å²) in [4.78, 5) is 4.50. The van der Waals surface area contributed by atoms with Crippen LogP contribution >= 0.6 is 0 Å². The van der Waals surface area contributed by atoms with Gasteiger partial charge in [-0.3, -0.25) is 0 Å². The van der Waals surface area contributed by atoms with Gasteiger partial charge in [-0.25, -0.2) is 9.50 Å². The van der Waals surface area contributed by atoms with Crippen LogP contribution in [0.1, 0.15) is 0 Å². The van der Waals surface area contributed by atoms with Gasteiger partial charge in [0.2, 0.25) is 0 Å². The predicted molar refractivity (Wildman–Crippen MR) is 65.0 cm³/mol.